The first kappa shape index (κ1) is 15.4. The normalized spacial score (nSPS) is 17.0. The first-order valence-corrected chi connectivity index (χ1v) is 8.78. The average molecular weight is 293 g/mol. The van der Waals surface area contributed by atoms with Gasteiger partial charge in [0.15, 0.2) is 5.96 Å². The van der Waals surface area contributed by atoms with Crippen LogP contribution in [0.1, 0.15) is 51.0 Å². The van der Waals surface area contributed by atoms with Crippen molar-refractivity contribution >= 4 is 17.3 Å². The van der Waals surface area contributed by atoms with Crippen LogP contribution in [0.3, 0.4) is 0 Å². The average Bonchev–Trinajstić information content (AvgIpc) is 3.11. The molecule has 1 aromatic rings. The van der Waals surface area contributed by atoms with E-state index in [0.717, 1.165) is 31.5 Å². The molecule has 1 aromatic heterocycles. The van der Waals surface area contributed by atoms with Crippen LogP contribution in [0.4, 0.5) is 0 Å². The molecule has 0 saturated heterocycles. The van der Waals surface area contributed by atoms with Crippen molar-refractivity contribution in [3.05, 3.63) is 22.4 Å². The number of rotatable bonds is 8. The van der Waals surface area contributed by atoms with E-state index < -0.39 is 0 Å². The smallest absolute Gasteiger partial charge is 0.191 e. The fourth-order valence-electron chi connectivity index (χ4n) is 2.23. The van der Waals surface area contributed by atoms with E-state index >= 15 is 0 Å². The van der Waals surface area contributed by atoms with E-state index in [0.29, 0.717) is 5.92 Å². The van der Waals surface area contributed by atoms with Gasteiger partial charge in [-0.3, -0.25) is 4.99 Å². The van der Waals surface area contributed by atoms with Gasteiger partial charge in [0, 0.05) is 25.6 Å². The Morgan fingerprint density at radius 1 is 1.45 bits per heavy atom. The fourth-order valence-corrected chi connectivity index (χ4v) is 3.02. The molecule has 0 radical (unpaired) electrons. The van der Waals surface area contributed by atoms with E-state index in [-0.39, 0.29) is 0 Å². The molecule has 1 aliphatic carbocycles. The van der Waals surface area contributed by atoms with Gasteiger partial charge < -0.3 is 10.6 Å². The van der Waals surface area contributed by atoms with Gasteiger partial charge in [0.2, 0.25) is 0 Å². The number of hydrogen-bond donors (Lipinski definition) is 2. The predicted molar refractivity (Wildman–Crippen MR) is 88.7 cm³/mol. The molecule has 112 valence electrons. The standard InChI is InChI=1S/C16H27N3S/c1-3-17-16(18-9-4-5-14-6-7-14)19-11-13(2)15-8-10-20-12-15/h8,10,12-14H,3-7,9,11H2,1-2H3,(H2,17,18,19). The van der Waals surface area contributed by atoms with Crippen LogP contribution in [0.5, 0.6) is 0 Å². The molecular weight excluding hydrogens is 266 g/mol. The van der Waals surface area contributed by atoms with E-state index in [1.165, 1.54) is 31.2 Å². The van der Waals surface area contributed by atoms with Crippen molar-refractivity contribution < 1.29 is 0 Å². The van der Waals surface area contributed by atoms with Gasteiger partial charge in [0.25, 0.3) is 0 Å². The summed E-state index contributed by atoms with van der Waals surface area (Å²) in [6.07, 6.45) is 5.53. The summed E-state index contributed by atoms with van der Waals surface area (Å²) in [5.74, 6) is 2.48. The Bertz CT molecular complexity index is 396. The highest BCUT2D eigenvalue weighted by Crippen LogP contribution is 2.33. The van der Waals surface area contributed by atoms with Crippen LogP contribution in [-0.2, 0) is 0 Å². The molecule has 2 rings (SSSR count). The Kier molecular flexibility index (Phi) is 6.37. The Hall–Kier alpha value is -1.03. The summed E-state index contributed by atoms with van der Waals surface area (Å²) >= 11 is 1.76. The summed E-state index contributed by atoms with van der Waals surface area (Å²) in [6.45, 7) is 7.15. The summed E-state index contributed by atoms with van der Waals surface area (Å²) < 4.78 is 0. The Morgan fingerprint density at radius 3 is 2.95 bits per heavy atom. The second-order valence-electron chi connectivity index (χ2n) is 5.69. The highest BCUT2D eigenvalue weighted by molar-refractivity contribution is 7.07. The van der Waals surface area contributed by atoms with Crippen LogP contribution in [0.25, 0.3) is 0 Å². The summed E-state index contributed by atoms with van der Waals surface area (Å²) in [6, 6.07) is 2.20. The number of nitrogens with zero attached hydrogens (tertiary/aromatic N) is 1. The van der Waals surface area contributed by atoms with Crippen LogP contribution in [0.15, 0.2) is 21.8 Å². The maximum Gasteiger partial charge on any atom is 0.191 e. The van der Waals surface area contributed by atoms with Crippen molar-refractivity contribution in [1.82, 2.24) is 10.6 Å². The highest BCUT2D eigenvalue weighted by atomic mass is 32.1. The number of hydrogen-bond acceptors (Lipinski definition) is 2. The van der Waals surface area contributed by atoms with E-state index in [9.17, 15) is 0 Å². The van der Waals surface area contributed by atoms with Crippen molar-refractivity contribution in [2.75, 3.05) is 19.6 Å². The topological polar surface area (TPSA) is 36.4 Å². The van der Waals surface area contributed by atoms with Gasteiger partial charge >= 0.3 is 0 Å². The minimum atomic E-state index is 0.489. The third-order valence-electron chi connectivity index (χ3n) is 3.76. The van der Waals surface area contributed by atoms with E-state index in [4.69, 9.17) is 4.99 Å². The number of thiophene rings is 1. The summed E-state index contributed by atoms with van der Waals surface area (Å²) in [4.78, 5) is 4.70. The molecule has 3 nitrogen and oxygen atoms in total. The lowest BCUT2D eigenvalue weighted by molar-refractivity contribution is 0.643. The maximum absolute atomic E-state index is 4.70. The van der Waals surface area contributed by atoms with Crippen LogP contribution < -0.4 is 10.6 Å². The van der Waals surface area contributed by atoms with Gasteiger partial charge in [-0.05, 0) is 48.1 Å². The SMILES string of the molecule is CCNC(=NCC(C)c1ccsc1)NCCCC1CC1. The van der Waals surface area contributed by atoms with Crippen molar-refractivity contribution in [1.29, 1.82) is 0 Å². The van der Waals surface area contributed by atoms with Gasteiger partial charge in [0.1, 0.15) is 0 Å². The molecule has 1 heterocycles. The van der Waals surface area contributed by atoms with Crippen molar-refractivity contribution in [2.45, 2.75) is 45.4 Å². The van der Waals surface area contributed by atoms with Gasteiger partial charge in [-0.2, -0.15) is 11.3 Å². The van der Waals surface area contributed by atoms with E-state index in [2.05, 4.69) is 41.3 Å². The Labute approximate surface area is 126 Å². The number of aliphatic imine (C=N–C) groups is 1. The monoisotopic (exact) mass is 293 g/mol. The summed E-state index contributed by atoms with van der Waals surface area (Å²) in [5.41, 5.74) is 1.39. The first-order valence-electron chi connectivity index (χ1n) is 7.84. The third kappa shape index (κ3) is 5.53. The molecule has 1 aliphatic rings. The molecule has 2 N–H and O–H groups in total. The van der Waals surface area contributed by atoms with Crippen LogP contribution >= 0.6 is 11.3 Å². The summed E-state index contributed by atoms with van der Waals surface area (Å²) in [5, 5.41) is 11.1. The molecule has 0 bridgehead atoms. The quantitative estimate of drug-likeness (QED) is 0.436. The van der Waals surface area contributed by atoms with Crippen LogP contribution in [0.2, 0.25) is 0 Å². The molecule has 4 heteroatoms. The second kappa shape index (κ2) is 8.30. The third-order valence-corrected chi connectivity index (χ3v) is 4.46. The lowest BCUT2D eigenvalue weighted by atomic mass is 10.1. The molecule has 1 saturated carbocycles. The largest absolute Gasteiger partial charge is 0.357 e. The predicted octanol–water partition coefficient (Wildman–Crippen LogP) is 3.60. The summed E-state index contributed by atoms with van der Waals surface area (Å²) in [7, 11) is 0. The molecule has 0 amide bonds. The van der Waals surface area contributed by atoms with Gasteiger partial charge in [-0.25, -0.2) is 0 Å². The molecule has 1 atom stereocenters. The van der Waals surface area contributed by atoms with Crippen molar-refractivity contribution in [2.24, 2.45) is 10.9 Å². The first-order chi connectivity index (χ1) is 9.79. The Morgan fingerprint density at radius 2 is 2.30 bits per heavy atom. The minimum absolute atomic E-state index is 0.489. The molecule has 1 unspecified atom stereocenters. The molecule has 1 fully saturated rings. The van der Waals surface area contributed by atoms with Gasteiger partial charge in [-0.15, -0.1) is 0 Å². The second-order valence-corrected chi connectivity index (χ2v) is 6.47. The van der Waals surface area contributed by atoms with Crippen molar-refractivity contribution in [3.63, 3.8) is 0 Å². The van der Waals surface area contributed by atoms with E-state index in [1.54, 1.807) is 11.3 Å². The zero-order chi connectivity index (χ0) is 14.2. The maximum atomic E-state index is 4.70. The molecular formula is C16H27N3S. The number of guanidine groups is 1. The lowest BCUT2D eigenvalue weighted by Gasteiger charge is -2.13. The molecule has 0 aliphatic heterocycles. The van der Waals surface area contributed by atoms with Crippen LogP contribution in [0, 0.1) is 5.92 Å². The lowest BCUT2D eigenvalue weighted by Crippen LogP contribution is -2.38. The van der Waals surface area contributed by atoms with Gasteiger partial charge in [-0.1, -0.05) is 19.8 Å². The molecule has 0 aromatic carbocycles. The zero-order valence-corrected chi connectivity index (χ0v) is 13.5. The van der Waals surface area contributed by atoms with Gasteiger partial charge in [0.05, 0.1) is 0 Å². The molecule has 20 heavy (non-hydrogen) atoms. The van der Waals surface area contributed by atoms with E-state index in [1.807, 2.05) is 0 Å². The highest BCUT2D eigenvalue weighted by Gasteiger charge is 2.19. The van der Waals surface area contributed by atoms with Crippen molar-refractivity contribution in [3.8, 4) is 0 Å². The fraction of sp³-hybridized carbons (Fsp3) is 0.688. The Balaban J connectivity index is 1.72. The van der Waals surface area contributed by atoms with Crippen LogP contribution in [-0.4, -0.2) is 25.6 Å². The number of nitrogens with one attached hydrogen (secondary N) is 2. The minimum Gasteiger partial charge on any atom is -0.357 e. The zero-order valence-electron chi connectivity index (χ0n) is 12.7. The molecule has 0 spiro atoms.